The molecule has 0 heterocycles. The summed E-state index contributed by atoms with van der Waals surface area (Å²) in [6, 6.07) is 8.73. The highest BCUT2D eigenvalue weighted by atomic mass is 16.5. The second-order valence-corrected chi connectivity index (χ2v) is 3.05. The number of benzene rings is 1. The number of likely N-dealkylation sites (N-methyl/N-ethyl adjacent to an activating group) is 1. The molecule has 0 bridgehead atoms. The molecular weight excluding hydrogens is 206 g/mol. The van der Waals surface area contributed by atoms with Gasteiger partial charge < -0.3 is 15.4 Å². The number of anilines is 1. The summed E-state index contributed by atoms with van der Waals surface area (Å²) in [5, 5.41) is 13.8. The molecule has 1 amide bonds. The topological polar surface area (TPSA) is 74.2 Å². The molecule has 0 fully saturated rings. The first-order valence-corrected chi connectivity index (χ1v) is 4.80. The molecule has 2 N–H and O–H groups in total. The van der Waals surface area contributed by atoms with Crippen molar-refractivity contribution in [3.8, 4) is 11.8 Å². The first kappa shape index (κ1) is 12.0. The molecule has 0 aliphatic rings. The Kier molecular flexibility index (Phi) is 4.83. The predicted octanol–water partition coefficient (Wildman–Crippen LogP) is 0.747. The Balaban J connectivity index is 2.51. The van der Waals surface area contributed by atoms with Crippen LogP contribution in [0.4, 0.5) is 5.69 Å². The lowest BCUT2D eigenvalue weighted by Crippen LogP contribution is -2.24. The SMILES string of the molecule is CNCC(=O)Nc1ccc(OCC#N)cc1. The average Bonchev–Trinajstić information content (AvgIpc) is 2.28. The number of rotatable bonds is 5. The number of amides is 1. The second kappa shape index (κ2) is 6.43. The summed E-state index contributed by atoms with van der Waals surface area (Å²) in [5.41, 5.74) is 0.699. The van der Waals surface area contributed by atoms with Crippen molar-refractivity contribution in [1.29, 1.82) is 5.26 Å². The number of carbonyl (C=O) groups excluding carboxylic acids is 1. The Morgan fingerprint density at radius 1 is 1.44 bits per heavy atom. The molecule has 1 aromatic carbocycles. The Morgan fingerprint density at radius 3 is 2.69 bits per heavy atom. The van der Waals surface area contributed by atoms with Crippen LogP contribution < -0.4 is 15.4 Å². The maximum absolute atomic E-state index is 11.2. The van der Waals surface area contributed by atoms with Crippen LogP contribution in [-0.2, 0) is 4.79 Å². The van der Waals surface area contributed by atoms with Crippen LogP contribution in [0.1, 0.15) is 0 Å². The minimum absolute atomic E-state index is 0.0193. The number of ether oxygens (including phenoxy) is 1. The third kappa shape index (κ3) is 3.98. The van der Waals surface area contributed by atoms with E-state index in [0.29, 0.717) is 11.4 Å². The van der Waals surface area contributed by atoms with Gasteiger partial charge in [-0.15, -0.1) is 0 Å². The van der Waals surface area contributed by atoms with E-state index < -0.39 is 0 Å². The fraction of sp³-hybridized carbons (Fsp3) is 0.273. The number of carbonyl (C=O) groups is 1. The van der Waals surface area contributed by atoms with E-state index in [1.807, 2.05) is 6.07 Å². The number of hydrogen-bond donors (Lipinski definition) is 2. The van der Waals surface area contributed by atoms with Crippen LogP contribution in [0.3, 0.4) is 0 Å². The van der Waals surface area contributed by atoms with Crippen molar-refractivity contribution in [2.24, 2.45) is 0 Å². The van der Waals surface area contributed by atoms with Crippen LogP contribution in [0, 0.1) is 11.3 Å². The van der Waals surface area contributed by atoms with Crippen LogP contribution in [-0.4, -0.2) is 26.1 Å². The van der Waals surface area contributed by atoms with Crippen molar-refractivity contribution < 1.29 is 9.53 Å². The highest BCUT2D eigenvalue weighted by Gasteiger charge is 2.00. The van der Waals surface area contributed by atoms with Crippen molar-refractivity contribution in [3.05, 3.63) is 24.3 Å². The van der Waals surface area contributed by atoms with Crippen LogP contribution in [0.25, 0.3) is 0 Å². The lowest BCUT2D eigenvalue weighted by Gasteiger charge is -2.06. The molecule has 0 saturated carbocycles. The maximum atomic E-state index is 11.2. The second-order valence-electron chi connectivity index (χ2n) is 3.05. The van der Waals surface area contributed by atoms with Gasteiger partial charge in [0, 0.05) is 5.69 Å². The Labute approximate surface area is 94.0 Å². The van der Waals surface area contributed by atoms with Gasteiger partial charge in [-0.2, -0.15) is 5.26 Å². The summed E-state index contributed by atoms with van der Waals surface area (Å²) in [5.74, 6) is 0.501. The molecule has 5 heteroatoms. The van der Waals surface area contributed by atoms with E-state index in [0.717, 1.165) is 0 Å². The number of nitrogens with zero attached hydrogens (tertiary/aromatic N) is 1. The fourth-order valence-corrected chi connectivity index (χ4v) is 1.12. The standard InChI is InChI=1S/C11H13N3O2/c1-13-8-11(15)14-9-2-4-10(5-3-9)16-7-6-12/h2-5,13H,7-8H2,1H3,(H,14,15). The largest absolute Gasteiger partial charge is 0.479 e. The molecule has 16 heavy (non-hydrogen) atoms. The zero-order valence-corrected chi connectivity index (χ0v) is 8.99. The van der Waals surface area contributed by atoms with E-state index in [1.54, 1.807) is 31.3 Å². The van der Waals surface area contributed by atoms with Crippen LogP contribution in [0.2, 0.25) is 0 Å². The van der Waals surface area contributed by atoms with Crippen molar-refractivity contribution in [2.45, 2.75) is 0 Å². The zero-order valence-electron chi connectivity index (χ0n) is 8.99. The molecule has 84 valence electrons. The molecule has 0 spiro atoms. The molecule has 0 saturated heterocycles. The fourth-order valence-electron chi connectivity index (χ4n) is 1.12. The van der Waals surface area contributed by atoms with E-state index in [2.05, 4.69) is 10.6 Å². The Bertz CT molecular complexity index is 381. The molecule has 0 aliphatic heterocycles. The zero-order chi connectivity index (χ0) is 11.8. The number of nitriles is 1. The van der Waals surface area contributed by atoms with Gasteiger partial charge >= 0.3 is 0 Å². The first-order chi connectivity index (χ1) is 7.76. The maximum Gasteiger partial charge on any atom is 0.238 e. The summed E-state index contributed by atoms with van der Waals surface area (Å²) < 4.78 is 5.08. The Hall–Kier alpha value is -2.06. The van der Waals surface area contributed by atoms with Crippen LogP contribution in [0.15, 0.2) is 24.3 Å². The minimum atomic E-state index is -0.104. The van der Waals surface area contributed by atoms with Gasteiger partial charge in [0.2, 0.25) is 5.91 Å². The van der Waals surface area contributed by atoms with E-state index in [9.17, 15) is 4.79 Å². The summed E-state index contributed by atoms with van der Waals surface area (Å²) >= 11 is 0. The quantitative estimate of drug-likeness (QED) is 0.766. The van der Waals surface area contributed by atoms with Crippen molar-refractivity contribution in [1.82, 2.24) is 5.32 Å². The lowest BCUT2D eigenvalue weighted by atomic mass is 10.3. The van der Waals surface area contributed by atoms with Crippen LogP contribution >= 0.6 is 0 Å². The molecule has 0 atom stereocenters. The van der Waals surface area contributed by atoms with Gasteiger partial charge in [0.15, 0.2) is 6.61 Å². The molecule has 1 aromatic rings. The van der Waals surface area contributed by atoms with Gasteiger partial charge in [-0.25, -0.2) is 0 Å². The summed E-state index contributed by atoms with van der Waals surface area (Å²) in [7, 11) is 1.71. The monoisotopic (exact) mass is 219 g/mol. The van der Waals surface area contributed by atoms with Crippen LogP contribution in [0.5, 0.6) is 5.75 Å². The molecule has 5 nitrogen and oxygen atoms in total. The smallest absolute Gasteiger partial charge is 0.238 e. The van der Waals surface area contributed by atoms with E-state index >= 15 is 0 Å². The minimum Gasteiger partial charge on any atom is -0.479 e. The first-order valence-electron chi connectivity index (χ1n) is 4.80. The molecule has 0 unspecified atom stereocenters. The summed E-state index contributed by atoms with van der Waals surface area (Å²) in [6.45, 7) is 0.290. The third-order valence-electron chi connectivity index (χ3n) is 1.78. The third-order valence-corrected chi connectivity index (χ3v) is 1.78. The number of hydrogen-bond acceptors (Lipinski definition) is 4. The molecule has 0 aliphatic carbocycles. The lowest BCUT2D eigenvalue weighted by molar-refractivity contribution is -0.115. The van der Waals surface area contributed by atoms with Gasteiger partial charge in [0.25, 0.3) is 0 Å². The normalized spacial score (nSPS) is 9.25. The van der Waals surface area contributed by atoms with E-state index in [4.69, 9.17) is 10.00 Å². The van der Waals surface area contributed by atoms with Gasteiger partial charge in [-0.1, -0.05) is 0 Å². The van der Waals surface area contributed by atoms with Crippen molar-refractivity contribution in [2.75, 3.05) is 25.5 Å². The van der Waals surface area contributed by atoms with Gasteiger partial charge in [0.1, 0.15) is 11.8 Å². The highest BCUT2D eigenvalue weighted by Crippen LogP contribution is 2.15. The molecule has 0 aromatic heterocycles. The van der Waals surface area contributed by atoms with E-state index in [-0.39, 0.29) is 19.1 Å². The Morgan fingerprint density at radius 2 is 2.12 bits per heavy atom. The van der Waals surface area contributed by atoms with Crippen molar-refractivity contribution in [3.63, 3.8) is 0 Å². The number of nitrogens with one attached hydrogen (secondary N) is 2. The molecular formula is C11H13N3O2. The van der Waals surface area contributed by atoms with Crippen molar-refractivity contribution >= 4 is 11.6 Å². The average molecular weight is 219 g/mol. The van der Waals surface area contributed by atoms with Gasteiger partial charge in [-0.3, -0.25) is 4.79 Å². The summed E-state index contributed by atoms with van der Waals surface area (Å²) in [6.07, 6.45) is 0. The molecule has 1 rings (SSSR count). The predicted molar refractivity (Wildman–Crippen MR) is 60.1 cm³/mol. The highest BCUT2D eigenvalue weighted by molar-refractivity contribution is 5.92. The van der Waals surface area contributed by atoms with Gasteiger partial charge in [0.05, 0.1) is 6.54 Å². The molecule has 0 radical (unpaired) electrons. The summed E-state index contributed by atoms with van der Waals surface area (Å²) in [4.78, 5) is 11.2. The van der Waals surface area contributed by atoms with Gasteiger partial charge in [-0.05, 0) is 31.3 Å². The van der Waals surface area contributed by atoms with E-state index in [1.165, 1.54) is 0 Å².